The Morgan fingerprint density at radius 1 is 1.14 bits per heavy atom. The molecule has 1 atom stereocenters. The van der Waals surface area contributed by atoms with Crippen molar-refractivity contribution in [3.05, 3.63) is 35.4 Å². The van der Waals surface area contributed by atoms with Gasteiger partial charge in [-0.25, -0.2) is 8.78 Å². The number of benzene rings is 1. The lowest BCUT2D eigenvalue weighted by atomic mass is 10.0. The van der Waals surface area contributed by atoms with Crippen molar-refractivity contribution < 1.29 is 13.9 Å². The summed E-state index contributed by atoms with van der Waals surface area (Å²) in [4.78, 5) is 0. The number of halogens is 2. The van der Waals surface area contributed by atoms with Crippen LogP contribution in [0.1, 0.15) is 43.4 Å². The van der Waals surface area contributed by atoms with Crippen LogP contribution in [0.15, 0.2) is 24.3 Å². The third kappa shape index (κ3) is 2.77. The molecule has 0 saturated heterocycles. The van der Waals surface area contributed by atoms with E-state index >= 15 is 0 Å². The van der Waals surface area contributed by atoms with Crippen LogP contribution in [0.4, 0.5) is 8.78 Å². The Kier molecular flexibility index (Phi) is 4.01. The molecule has 0 aromatic heterocycles. The van der Waals surface area contributed by atoms with Crippen molar-refractivity contribution in [3.63, 3.8) is 0 Å². The van der Waals surface area contributed by atoms with Gasteiger partial charge in [0.1, 0.15) is 0 Å². The Hall–Kier alpha value is -0.960. The molecular formula is C11H14F2O. The van der Waals surface area contributed by atoms with E-state index in [4.69, 9.17) is 0 Å². The minimum Gasteiger partial charge on any atom is -0.388 e. The predicted molar refractivity (Wildman–Crippen MR) is 51.3 cm³/mol. The van der Waals surface area contributed by atoms with Crippen molar-refractivity contribution in [2.24, 2.45) is 0 Å². The summed E-state index contributed by atoms with van der Waals surface area (Å²) in [6.45, 7) is 1.97. The first-order valence-electron chi connectivity index (χ1n) is 4.71. The van der Waals surface area contributed by atoms with Crippen LogP contribution in [0.5, 0.6) is 0 Å². The zero-order chi connectivity index (χ0) is 10.6. The van der Waals surface area contributed by atoms with Gasteiger partial charge in [0.2, 0.25) is 0 Å². The Morgan fingerprint density at radius 2 is 1.64 bits per heavy atom. The summed E-state index contributed by atoms with van der Waals surface area (Å²) in [6.07, 6.45) is -1.44. The van der Waals surface area contributed by atoms with E-state index < -0.39 is 12.5 Å². The third-order valence-corrected chi connectivity index (χ3v) is 2.14. The van der Waals surface area contributed by atoms with E-state index in [-0.39, 0.29) is 5.56 Å². The highest BCUT2D eigenvalue weighted by Gasteiger charge is 2.09. The van der Waals surface area contributed by atoms with Gasteiger partial charge in [0.25, 0.3) is 6.43 Å². The second kappa shape index (κ2) is 5.05. The second-order valence-corrected chi connectivity index (χ2v) is 3.27. The van der Waals surface area contributed by atoms with Crippen molar-refractivity contribution >= 4 is 0 Å². The van der Waals surface area contributed by atoms with Crippen LogP contribution in [-0.2, 0) is 0 Å². The average Bonchev–Trinajstić information content (AvgIpc) is 2.18. The van der Waals surface area contributed by atoms with Gasteiger partial charge in [-0.2, -0.15) is 0 Å². The average molecular weight is 200 g/mol. The van der Waals surface area contributed by atoms with Gasteiger partial charge in [-0.05, 0) is 12.0 Å². The lowest BCUT2D eigenvalue weighted by molar-refractivity contribution is 0.150. The summed E-state index contributed by atoms with van der Waals surface area (Å²) in [5, 5.41) is 9.56. The van der Waals surface area contributed by atoms with E-state index in [1.165, 1.54) is 12.1 Å². The molecule has 1 N–H and O–H groups in total. The maximum Gasteiger partial charge on any atom is 0.263 e. The van der Waals surface area contributed by atoms with Gasteiger partial charge in [-0.1, -0.05) is 37.6 Å². The van der Waals surface area contributed by atoms with Gasteiger partial charge >= 0.3 is 0 Å². The summed E-state index contributed by atoms with van der Waals surface area (Å²) in [5.74, 6) is 0. The highest BCUT2D eigenvalue weighted by atomic mass is 19.3. The molecule has 78 valence electrons. The molecule has 0 heterocycles. The fraction of sp³-hybridized carbons (Fsp3) is 0.455. The number of hydrogen-bond acceptors (Lipinski definition) is 1. The minimum absolute atomic E-state index is 0.00236. The number of aliphatic hydroxyl groups is 1. The molecule has 0 aliphatic heterocycles. The molecule has 0 bridgehead atoms. The molecule has 0 aliphatic carbocycles. The van der Waals surface area contributed by atoms with E-state index in [1.54, 1.807) is 12.1 Å². The number of alkyl halides is 2. The molecule has 0 amide bonds. The predicted octanol–water partition coefficient (Wildman–Crippen LogP) is 3.46. The largest absolute Gasteiger partial charge is 0.388 e. The molecule has 1 rings (SSSR count). The SMILES string of the molecule is CCCC(O)c1ccc(C(F)F)cc1. The summed E-state index contributed by atoms with van der Waals surface area (Å²) in [7, 11) is 0. The van der Waals surface area contributed by atoms with Crippen LogP contribution in [0.3, 0.4) is 0 Å². The van der Waals surface area contributed by atoms with Crippen LogP contribution in [-0.4, -0.2) is 5.11 Å². The first-order valence-corrected chi connectivity index (χ1v) is 4.71. The van der Waals surface area contributed by atoms with Gasteiger partial charge in [0, 0.05) is 5.56 Å². The van der Waals surface area contributed by atoms with E-state index in [9.17, 15) is 13.9 Å². The first kappa shape index (κ1) is 11.1. The zero-order valence-electron chi connectivity index (χ0n) is 8.08. The van der Waals surface area contributed by atoms with Gasteiger partial charge in [-0.15, -0.1) is 0 Å². The molecular weight excluding hydrogens is 186 g/mol. The summed E-state index contributed by atoms with van der Waals surface area (Å²) < 4.78 is 24.4. The normalized spacial score (nSPS) is 13.2. The maximum absolute atomic E-state index is 12.2. The topological polar surface area (TPSA) is 20.2 Å². The molecule has 0 fully saturated rings. The van der Waals surface area contributed by atoms with Crippen LogP contribution >= 0.6 is 0 Å². The molecule has 1 unspecified atom stereocenters. The minimum atomic E-state index is -2.44. The van der Waals surface area contributed by atoms with Crippen LogP contribution < -0.4 is 0 Å². The van der Waals surface area contributed by atoms with Crippen LogP contribution in [0.25, 0.3) is 0 Å². The summed E-state index contributed by atoms with van der Waals surface area (Å²) >= 11 is 0. The Bertz CT molecular complexity index is 269. The van der Waals surface area contributed by atoms with E-state index in [1.807, 2.05) is 6.92 Å². The molecule has 1 aromatic rings. The van der Waals surface area contributed by atoms with Gasteiger partial charge < -0.3 is 5.11 Å². The van der Waals surface area contributed by atoms with Crippen LogP contribution in [0.2, 0.25) is 0 Å². The monoisotopic (exact) mass is 200 g/mol. The quantitative estimate of drug-likeness (QED) is 0.789. The van der Waals surface area contributed by atoms with Crippen molar-refractivity contribution in [2.75, 3.05) is 0 Å². The van der Waals surface area contributed by atoms with Crippen molar-refractivity contribution in [1.82, 2.24) is 0 Å². The van der Waals surface area contributed by atoms with E-state index in [0.717, 1.165) is 6.42 Å². The van der Waals surface area contributed by atoms with E-state index in [0.29, 0.717) is 12.0 Å². The van der Waals surface area contributed by atoms with Crippen LogP contribution in [0, 0.1) is 0 Å². The zero-order valence-corrected chi connectivity index (χ0v) is 8.08. The molecule has 3 heteroatoms. The third-order valence-electron chi connectivity index (χ3n) is 2.14. The molecule has 14 heavy (non-hydrogen) atoms. The van der Waals surface area contributed by atoms with Gasteiger partial charge in [0.15, 0.2) is 0 Å². The first-order chi connectivity index (χ1) is 6.65. The molecule has 1 nitrogen and oxygen atoms in total. The smallest absolute Gasteiger partial charge is 0.263 e. The number of rotatable bonds is 4. The van der Waals surface area contributed by atoms with Crippen molar-refractivity contribution in [2.45, 2.75) is 32.3 Å². The number of hydrogen-bond donors (Lipinski definition) is 1. The Labute approximate surface area is 82.4 Å². The number of aliphatic hydroxyl groups excluding tert-OH is 1. The molecule has 0 spiro atoms. The fourth-order valence-corrected chi connectivity index (χ4v) is 1.30. The Morgan fingerprint density at radius 3 is 2.07 bits per heavy atom. The van der Waals surface area contributed by atoms with Gasteiger partial charge in [-0.3, -0.25) is 0 Å². The second-order valence-electron chi connectivity index (χ2n) is 3.27. The highest BCUT2D eigenvalue weighted by molar-refractivity contribution is 5.24. The molecule has 1 aromatic carbocycles. The molecule has 0 radical (unpaired) electrons. The lowest BCUT2D eigenvalue weighted by Crippen LogP contribution is -1.96. The van der Waals surface area contributed by atoms with Crippen molar-refractivity contribution in [3.8, 4) is 0 Å². The Balaban J connectivity index is 2.72. The summed E-state index contributed by atoms with van der Waals surface area (Å²) in [5.41, 5.74) is 0.702. The maximum atomic E-state index is 12.2. The summed E-state index contributed by atoms with van der Waals surface area (Å²) in [6, 6.07) is 5.83. The van der Waals surface area contributed by atoms with Crippen molar-refractivity contribution in [1.29, 1.82) is 0 Å². The standard InChI is InChI=1S/C11H14F2O/c1-2-3-10(14)8-4-6-9(7-5-8)11(12)13/h4-7,10-11,14H,2-3H2,1H3. The lowest BCUT2D eigenvalue weighted by Gasteiger charge is -2.09. The fourth-order valence-electron chi connectivity index (χ4n) is 1.30. The van der Waals surface area contributed by atoms with Gasteiger partial charge in [0.05, 0.1) is 6.10 Å². The molecule has 0 saturated carbocycles. The molecule has 0 aliphatic rings. The van der Waals surface area contributed by atoms with E-state index in [2.05, 4.69) is 0 Å². The highest BCUT2D eigenvalue weighted by Crippen LogP contribution is 2.23.